The number of likely N-dealkylation sites (N-methyl/N-ethyl adjacent to an activating group) is 1. The topological polar surface area (TPSA) is 91.6 Å². The zero-order valence-corrected chi connectivity index (χ0v) is 28.6. The molecule has 0 spiro atoms. The van der Waals surface area contributed by atoms with Crippen molar-refractivity contribution in [2.75, 3.05) is 20.6 Å². The van der Waals surface area contributed by atoms with E-state index in [9.17, 15) is 37.1 Å². The van der Waals surface area contributed by atoms with Gasteiger partial charge in [0.05, 0.1) is 18.0 Å². The van der Waals surface area contributed by atoms with Gasteiger partial charge in [0.1, 0.15) is 23.5 Å². The Labute approximate surface area is 286 Å². The maximum absolute atomic E-state index is 16.6. The summed E-state index contributed by atoms with van der Waals surface area (Å²) in [6.45, 7) is 6.63. The predicted molar refractivity (Wildman–Crippen MR) is 176 cm³/mol. The number of terminal acetylenes is 1. The molecule has 2 N–H and O–H groups in total. The molecule has 0 unspecified atom stereocenters. The minimum Gasteiger partial charge on any atom is -0.481 e. The lowest BCUT2D eigenvalue weighted by Crippen LogP contribution is -2.41. The van der Waals surface area contributed by atoms with Crippen molar-refractivity contribution in [2.45, 2.75) is 77.1 Å². The van der Waals surface area contributed by atoms with Gasteiger partial charge in [-0.2, -0.15) is 13.2 Å². The summed E-state index contributed by atoms with van der Waals surface area (Å²) < 4.78 is 90.2. The lowest BCUT2D eigenvalue weighted by Gasteiger charge is -2.29. The number of hydrogen-bond donors (Lipinski definition) is 2. The summed E-state index contributed by atoms with van der Waals surface area (Å²) in [7, 11) is 3.42. The van der Waals surface area contributed by atoms with E-state index in [4.69, 9.17) is 6.42 Å². The van der Waals surface area contributed by atoms with E-state index < -0.39 is 76.1 Å². The third-order valence-electron chi connectivity index (χ3n) is 8.96. The molecule has 0 aliphatic heterocycles. The molecule has 0 radical (unpaired) electrons. The number of hydrogen-bond acceptors (Lipinski definition) is 4. The van der Waals surface area contributed by atoms with E-state index in [1.807, 2.05) is 0 Å². The lowest BCUT2D eigenvalue weighted by molar-refractivity contribution is -0.139. The molecule has 1 heterocycles. The second kappa shape index (κ2) is 14.3. The quantitative estimate of drug-likeness (QED) is 0.156. The third-order valence-corrected chi connectivity index (χ3v) is 8.96. The lowest BCUT2D eigenvalue weighted by atomic mass is 9.88. The number of pyridine rings is 1. The number of nitrogens with zero attached hydrogens (tertiary/aromatic N) is 2. The highest BCUT2D eigenvalue weighted by Crippen LogP contribution is 2.52. The Hall–Kier alpha value is -4.57. The SMILES string of the molecule is C#Cc1cc(F)c([C@@H](CC(=O)O)NC(=O)[C@H](CC(C)C)n2cc(C3(CN(C)C)CC3)c(C(F)(F)F)cc2=O)c(F)c1-c1c(C)cc(F)cc1C. The summed E-state index contributed by atoms with van der Waals surface area (Å²) in [4.78, 5) is 41.2. The first-order valence-corrected chi connectivity index (χ1v) is 16.0. The number of carboxylic acids is 1. The summed E-state index contributed by atoms with van der Waals surface area (Å²) >= 11 is 0. The maximum Gasteiger partial charge on any atom is 0.416 e. The van der Waals surface area contributed by atoms with Crippen molar-refractivity contribution >= 4 is 11.9 Å². The Morgan fingerprint density at radius 3 is 2.14 bits per heavy atom. The molecule has 0 saturated heterocycles. The Morgan fingerprint density at radius 1 is 1.06 bits per heavy atom. The molecule has 4 rings (SSSR count). The number of aromatic nitrogens is 1. The fourth-order valence-corrected chi connectivity index (χ4v) is 6.80. The zero-order chi connectivity index (χ0) is 37.5. The minimum atomic E-state index is -4.86. The van der Waals surface area contributed by atoms with Crippen molar-refractivity contribution < 1.29 is 41.0 Å². The van der Waals surface area contributed by atoms with E-state index in [-0.39, 0.29) is 52.3 Å². The van der Waals surface area contributed by atoms with Crippen LogP contribution in [0.15, 0.2) is 35.3 Å². The first kappa shape index (κ1) is 38.2. The number of nitrogens with one attached hydrogen (secondary N) is 1. The molecular weight excluding hydrogens is 664 g/mol. The molecule has 1 aliphatic rings. The fraction of sp³-hybridized carbons (Fsp3) is 0.432. The Morgan fingerprint density at radius 2 is 1.66 bits per heavy atom. The second-order valence-corrected chi connectivity index (χ2v) is 13.7. The van der Waals surface area contributed by atoms with Gasteiger partial charge in [-0.3, -0.25) is 14.4 Å². The van der Waals surface area contributed by atoms with Crippen molar-refractivity contribution in [3.05, 3.63) is 91.6 Å². The largest absolute Gasteiger partial charge is 0.481 e. The average molecular weight is 704 g/mol. The van der Waals surface area contributed by atoms with Gasteiger partial charge in [-0.25, -0.2) is 13.2 Å². The normalized spacial score (nSPS) is 15.1. The molecule has 0 bridgehead atoms. The van der Waals surface area contributed by atoms with E-state index in [0.29, 0.717) is 18.9 Å². The number of aryl methyl sites for hydroxylation is 2. The van der Waals surface area contributed by atoms with Crippen LogP contribution >= 0.6 is 0 Å². The second-order valence-electron chi connectivity index (χ2n) is 13.7. The van der Waals surface area contributed by atoms with Crippen LogP contribution in [-0.4, -0.2) is 47.1 Å². The van der Waals surface area contributed by atoms with Gasteiger partial charge in [-0.1, -0.05) is 19.8 Å². The number of benzene rings is 2. The molecule has 1 fully saturated rings. The summed E-state index contributed by atoms with van der Waals surface area (Å²) in [5.74, 6) is -3.84. The van der Waals surface area contributed by atoms with Crippen LogP contribution in [0.4, 0.5) is 26.3 Å². The summed E-state index contributed by atoms with van der Waals surface area (Å²) in [5, 5.41) is 12.1. The molecule has 13 heteroatoms. The molecule has 1 aliphatic carbocycles. The van der Waals surface area contributed by atoms with Crippen molar-refractivity contribution in [1.82, 2.24) is 14.8 Å². The van der Waals surface area contributed by atoms with Crippen molar-refractivity contribution in [2.24, 2.45) is 5.92 Å². The molecule has 268 valence electrons. The van der Waals surface area contributed by atoms with Crippen LogP contribution in [0.3, 0.4) is 0 Å². The number of alkyl halides is 3. The first-order valence-electron chi connectivity index (χ1n) is 16.0. The number of carbonyl (C=O) groups is 2. The number of carboxylic acid groups (broad SMARTS) is 1. The van der Waals surface area contributed by atoms with E-state index in [1.165, 1.54) is 13.8 Å². The molecule has 7 nitrogen and oxygen atoms in total. The van der Waals surface area contributed by atoms with Crippen LogP contribution < -0.4 is 10.9 Å². The number of carbonyl (C=O) groups excluding carboxylic acids is 1. The maximum atomic E-state index is 16.6. The summed E-state index contributed by atoms with van der Waals surface area (Å²) in [5.41, 5.74) is -4.05. The van der Waals surface area contributed by atoms with Gasteiger partial charge in [0.15, 0.2) is 0 Å². The molecule has 1 amide bonds. The van der Waals surface area contributed by atoms with E-state index in [1.54, 1.807) is 32.8 Å². The van der Waals surface area contributed by atoms with Crippen LogP contribution in [0, 0.1) is 49.6 Å². The minimum absolute atomic E-state index is 0.0861. The molecular formula is C37H39F6N3O4. The standard InChI is InChI=1S/C37H39F6N3O4/c1-8-22-14-26(39)33(34(40)32(22)31-20(4)12-23(38)13-21(31)5)27(16-30(48)49)44-35(50)28(11-19(2)3)46-17-25(36(9-10-36)18-45(6)7)24(15-29(46)47)37(41,42)43/h1,12-15,17,19,27-28H,9-11,16,18H2,2-7H3,(H,44,50)(H,48,49)/t27-,28+/m1/s1. The van der Waals surface area contributed by atoms with Gasteiger partial charge in [-0.05, 0) is 93.6 Å². The van der Waals surface area contributed by atoms with Crippen molar-refractivity contribution in [3.8, 4) is 23.5 Å². The highest BCUT2D eigenvalue weighted by atomic mass is 19.4. The van der Waals surface area contributed by atoms with Gasteiger partial charge in [0.2, 0.25) is 5.91 Å². The van der Waals surface area contributed by atoms with Crippen molar-refractivity contribution in [1.29, 1.82) is 0 Å². The molecule has 2 aromatic carbocycles. The number of rotatable bonds is 12. The molecule has 1 aromatic heterocycles. The average Bonchev–Trinajstić information content (AvgIpc) is 3.74. The smallest absolute Gasteiger partial charge is 0.416 e. The van der Waals surface area contributed by atoms with Crippen LogP contribution in [0.25, 0.3) is 11.1 Å². The monoisotopic (exact) mass is 703 g/mol. The van der Waals surface area contributed by atoms with Gasteiger partial charge in [0.25, 0.3) is 5.56 Å². The first-order chi connectivity index (χ1) is 23.2. The van der Waals surface area contributed by atoms with Crippen LogP contribution in [0.5, 0.6) is 0 Å². The van der Waals surface area contributed by atoms with Crippen LogP contribution in [0.1, 0.15) is 85.0 Å². The van der Waals surface area contributed by atoms with Gasteiger partial charge < -0.3 is 19.9 Å². The number of aliphatic carboxylic acids is 1. The summed E-state index contributed by atoms with van der Waals surface area (Å²) in [6, 6.07) is 0.186. The Kier molecular flexibility index (Phi) is 11.0. The highest BCUT2D eigenvalue weighted by molar-refractivity contribution is 5.83. The number of amides is 1. The number of halogens is 6. The van der Waals surface area contributed by atoms with Gasteiger partial charge in [0, 0.05) is 40.9 Å². The zero-order valence-electron chi connectivity index (χ0n) is 28.6. The van der Waals surface area contributed by atoms with E-state index in [2.05, 4.69) is 11.2 Å². The van der Waals surface area contributed by atoms with Gasteiger partial charge in [-0.15, -0.1) is 6.42 Å². The van der Waals surface area contributed by atoms with E-state index in [0.717, 1.165) is 29.0 Å². The molecule has 3 aromatic rings. The highest BCUT2D eigenvalue weighted by Gasteiger charge is 2.50. The molecule has 1 saturated carbocycles. The third kappa shape index (κ3) is 7.91. The van der Waals surface area contributed by atoms with Crippen LogP contribution in [0.2, 0.25) is 0 Å². The fourth-order valence-electron chi connectivity index (χ4n) is 6.80. The Bertz CT molecular complexity index is 1900. The molecule has 50 heavy (non-hydrogen) atoms. The van der Waals surface area contributed by atoms with Crippen LogP contribution in [-0.2, 0) is 21.2 Å². The summed E-state index contributed by atoms with van der Waals surface area (Å²) in [6.07, 6.45) is 1.50. The van der Waals surface area contributed by atoms with Gasteiger partial charge >= 0.3 is 12.1 Å². The molecule has 2 atom stereocenters. The van der Waals surface area contributed by atoms with Crippen molar-refractivity contribution in [3.63, 3.8) is 0 Å². The Balaban J connectivity index is 1.89. The predicted octanol–water partition coefficient (Wildman–Crippen LogP) is 7.06. The van der Waals surface area contributed by atoms with E-state index >= 15 is 8.78 Å².